The molecule has 2 atom stereocenters. The Morgan fingerprint density at radius 1 is 1.20 bits per heavy atom. The molecule has 1 amide bonds. The summed E-state index contributed by atoms with van der Waals surface area (Å²) in [4.78, 5) is 29.7. The van der Waals surface area contributed by atoms with Gasteiger partial charge in [-0.25, -0.2) is 14.4 Å². The number of nitrogens with one attached hydrogen (secondary N) is 1. The maximum atomic E-state index is 13.3. The molecule has 0 bridgehead atoms. The number of likely N-dealkylation sites (tertiary alicyclic amines) is 1. The summed E-state index contributed by atoms with van der Waals surface area (Å²) in [6.45, 7) is 5.30. The summed E-state index contributed by atoms with van der Waals surface area (Å²) < 4.78 is 14.8. The first kappa shape index (κ1) is 19.0. The highest BCUT2D eigenvalue weighted by molar-refractivity contribution is 5.80. The van der Waals surface area contributed by atoms with Crippen molar-refractivity contribution < 1.29 is 9.18 Å². The van der Waals surface area contributed by atoms with Crippen LogP contribution in [-0.4, -0.2) is 61.7 Å². The second-order valence-corrected chi connectivity index (χ2v) is 8.29. The normalized spacial score (nSPS) is 20.8. The molecule has 0 spiro atoms. The van der Waals surface area contributed by atoms with Crippen molar-refractivity contribution in [1.29, 1.82) is 0 Å². The smallest absolute Gasteiger partial charge is 0.227 e. The summed E-state index contributed by atoms with van der Waals surface area (Å²) in [6.07, 6.45) is 6.70. The van der Waals surface area contributed by atoms with E-state index in [1.807, 2.05) is 24.0 Å². The average Bonchev–Trinajstić information content (AvgIpc) is 3.52. The number of halogens is 1. The monoisotopic (exact) mass is 411 g/mol. The lowest BCUT2D eigenvalue weighted by atomic mass is 9.96. The number of rotatable bonds is 4. The highest BCUT2D eigenvalue weighted by Crippen LogP contribution is 2.26. The van der Waals surface area contributed by atoms with Gasteiger partial charge in [0.1, 0.15) is 23.2 Å². The second-order valence-electron chi connectivity index (χ2n) is 8.29. The first-order valence-electron chi connectivity index (χ1n) is 10.7. The van der Waals surface area contributed by atoms with Crippen molar-refractivity contribution in [3.8, 4) is 0 Å². The van der Waals surface area contributed by atoms with Gasteiger partial charge in [0, 0.05) is 26.2 Å². The van der Waals surface area contributed by atoms with E-state index in [0.29, 0.717) is 23.9 Å². The van der Waals surface area contributed by atoms with Crippen molar-refractivity contribution in [3.63, 3.8) is 0 Å². The lowest BCUT2D eigenvalue weighted by molar-refractivity contribution is -0.134. The fourth-order valence-corrected chi connectivity index (χ4v) is 4.51. The van der Waals surface area contributed by atoms with E-state index in [0.717, 1.165) is 56.7 Å². The van der Waals surface area contributed by atoms with Gasteiger partial charge in [-0.3, -0.25) is 9.48 Å². The molecule has 0 aromatic carbocycles. The molecule has 0 aliphatic carbocycles. The number of aromatic nitrogens is 5. The first-order valence-corrected chi connectivity index (χ1v) is 10.7. The van der Waals surface area contributed by atoms with E-state index in [1.165, 1.54) is 17.1 Å². The Morgan fingerprint density at radius 3 is 2.80 bits per heavy atom. The van der Waals surface area contributed by atoms with Crippen LogP contribution in [0.25, 0.3) is 11.2 Å². The van der Waals surface area contributed by atoms with Crippen molar-refractivity contribution in [2.45, 2.75) is 38.6 Å². The Bertz CT molecular complexity index is 1050. The zero-order valence-electron chi connectivity index (χ0n) is 17.1. The topological polar surface area (TPSA) is 82.9 Å². The van der Waals surface area contributed by atoms with Crippen LogP contribution in [0.15, 0.2) is 24.5 Å². The van der Waals surface area contributed by atoms with Crippen LogP contribution in [0.3, 0.4) is 0 Å². The molecule has 0 radical (unpaired) electrons. The molecule has 1 unspecified atom stereocenters. The van der Waals surface area contributed by atoms with Gasteiger partial charge in [-0.2, -0.15) is 5.10 Å². The van der Waals surface area contributed by atoms with Gasteiger partial charge in [-0.1, -0.05) is 0 Å². The molecule has 2 aliphatic heterocycles. The Labute approximate surface area is 174 Å². The largest absolute Gasteiger partial charge is 0.356 e. The highest BCUT2D eigenvalue weighted by atomic mass is 19.1. The number of imidazole rings is 1. The number of nitrogens with zero attached hydrogens (tertiary/aromatic N) is 6. The Balaban J connectivity index is 1.35. The van der Waals surface area contributed by atoms with E-state index in [-0.39, 0.29) is 17.8 Å². The molecule has 158 valence electrons. The van der Waals surface area contributed by atoms with E-state index in [2.05, 4.69) is 20.0 Å². The van der Waals surface area contributed by atoms with Crippen molar-refractivity contribution in [3.05, 3.63) is 36.2 Å². The number of H-pyrrole nitrogens is 1. The second kappa shape index (κ2) is 7.70. The van der Waals surface area contributed by atoms with E-state index in [4.69, 9.17) is 4.98 Å². The van der Waals surface area contributed by atoms with Gasteiger partial charge in [0.25, 0.3) is 0 Å². The van der Waals surface area contributed by atoms with Crippen LogP contribution in [0.4, 0.5) is 10.2 Å². The average molecular weight is 411 g/mol. The van der Waals surface area contributed by atoms with E-state index in [9.17, 15) is 9.18 Å². The number of piperidine rings is 1. The quantitative estimate of drug-likeness (QED) is 0.714. The number of hydrogen-bond acceptors (Lipinski definition) is 5. The number of amides is 1. The molecule has 3 aromatic rings. The molecule has 9 heteroatoms. The van der Waals surface area contributed by atoms with Crippen LogP contribution in [0, 0.1) is 11.7 Å². The van der Waals surface area contributed by atoms with E-state index >= 15 is 0 Å². The Hall–Kier alpha value is -2.97. The molecule has 5 rings (SSSR count). The molecule has 3 aromatic heterocycles. The highest BCUT2D eigenvalue weighted by Gasteiger charge is 2.31. The molecule has 0 saturated carbocycles. The number of aromatic amines is 1. The standard InChI is InChI=1S/C21H26FN7O/c1-14(29-13-16(22)11-23-29)19-24-17-6-7-18(25-20(17)26-19)28-10-4-5-15(12-28)21(30)27-8-2-3-9-27/h6-7,11,13-15H,2-5,8-10,12H2,1H3,(H,24,25,26)/t14-,15?/m1/s1. The maximum Gasteiger partial charge on any atom is 0.227 e. The third kappa shape index (κ3) is 3.53. The van der Waals surface area contributed by atoms with Gasteiger partial charge >= 0.3 is 0 Å². The zero-order chi connectivity index (χ0) is 20.7. The van der Waals surface area contributed by atoms with Crippen molar-refractivity contribution in [1.82, 2.24) is 29.6 Å². The predicted octanol–water partition coefficient (Wildman–Crippen LogP) is 2.74. The molecule has 2 saturated heterocycles. The lowest BCUT2D eigenvalue weighted by Crippen LogP contribution is -2.44. The lowest BCUT2D eigenvalue weighted by Gasteiger charge is -2.34. The van der Waals surface area contributed by atoms with Gasteiger partial charge in [-0.15, -0.1) is 0 Å². The van der Waals surface area contributed by atoms with E-state index < -0.39 is 0 Å². The molecule has 2 fully saturated rings. The van der Waals surface area contributed by atoms with Gasteiger partial charge in [-0.05, 0) is 44.7 Å². The van der Waals surface area contributed by atoms with Gasteiger partial charge in [0.05, 0.1) is 18.3 Å². The van der Waals surface area contributed by atoms with Crippen LogP contribution >= 0.6 is 0 Å². The number of fused-ring (bicyclic) bond motifs is 1. The molecule has 5 heterocycles. The summed E-state index contributed by atoms with van der Waals surface area (Å²) in [5.74, 6) is 1.50. The summed E-state index contributed by atoms with van der Waals surface area (Å²) in [5.41, 5.74) is 1.45. The predicted molar refractivity (Wildman–Crippen MR) is 111 cm³/mol. The first-order chi connectivity index (χ1) is 14.6. The Kier molecular flexibility index (Phi) is 4.88. The van der Waals surface area contributed by atoms with Gasteiger partial charge in [0.2, 0.25) is 5.91 Å². The van der Waals surface area contributed by atoms with Crippen molar-refractivity contribution in [2.75, 3.05) is 31.1 Å². The Morgan fingerprint density at radius 2 is 2.03 bits per heavy atom. The van der Waals surface area contributed by atoms with Crippen LogP contribution in [0.1, 0.15) is 44.5 Å². The van der Waals surface area contributed by atoms with E-state index in [1.54, 1.807) is 0 Å². The van der Waals surface area contributed by atoms with Crippen molar-refractivity contribution in [2.24, 2.45) is 5.92 Å². The number of anilines is 1. The zero-order valence-corrected chi connectivity index (χ0v) is 17.1. The number of hydrogen-bond donors (Lipinski definition) is 1. The van der Waals surface area contributed by atoms with Crippen LogP contribution in [-0.2, 0) is 4.79 Å². The van der Waals surface area contributed by atoms with Gasteiger partial charge < -0.3 is 14.8 Å². The number of carbonyl (C=O) groups excluding carboxylic acids is 1. The fourth-order valence-electron chi connectivity index (χ4n) is 4.51. The minimum Gasteiger partial charge on any atom is -0.356 e. The van der Waals surface area contributed by atoms with Crippen LogP contribution < -0.4 is 4.90 Å². The number of carbonyl (C=O) groups is 1. The SMILES string of the molecule is C[C@H](c1nc2ccc(N3CCCC(C(=O)N4CCCC4)C3)nc2[nH]1)n1cc(F)cn1. The van der Waals surface area contributed by atoms with Crippen molar-refractivity contribution >= 4 is 22.9 Å². The molecular weight excluding hydrogens is 385 g/mol. The number of pyridine rings is 1. The molecular formula is C21H26FN7O. The molecule has 30 heavy (non-hydrogen) atoms. The third-order valence-corrected chi connectivity index (χ3v) is 6.22. The van der Waals surface area contributed by atoms with Gasteiger partial charge in [0.15, 0.2) is 11.5 Å². The summed E-state index contributed by atoms with van der Waals surface area (Å²) in [5, 5.41) is 4.03. The maximum absolute atomic E-state index is 13.3. The molecule has 1 N–H and O–H groups in total. The van der Waals surface area contributed by atoms with Crippen LogP contribution in [0.5, 0.6) is 0 Å². The third-order valence-electron chi connectivity index (χ3n) is 6.22. The molecule has 8 nitrogen and oxygen atoms in total. The van der Waals surface area contributed by atoms with Crippen LogP contribution in [0.2, 0.25) is 0 Å². The minimum atomic E-state index is -0.374. The molecule has 2 aliphatic rings. The summed E-state index contributed by atoms with van der Waals surface area (Å²) in [7, 11) is 0. The minimum absolute atomic E-state index is 0.0430. The summed E-state index contributed by atoms with van der Waals surface area (Å²) in [6, 6.07) is 3.68. The summed E-state index contributed by atoms with van der Waals surface area (Å²) >= 11 is 0. The fraction of sp³-hybridized carbons (Fsp3) is 0.524.